The Morgan fingerprint density at radius 1 is 0.947 bits per heavy atom. The highest BCUT2D eigenvalue weighted by Crippen LogP contribution is 2.30. The molecule has 2 aromatic carbocycles. The zero-order valence-electron chi connectivity index (χ0n) is 10.0. The van der Waals surface area contributed by atoms with E-state index in [1.54, 1.807) is 18.2 Å². The van der Waals surface area contributed by atoms with Crippen molar-refractivity contribution < 1.29 is 8.42 Å². The predicted octanol–water partition coefficient (Wildman–Crippen LogP) is 4.10. The molecule has 0 aliphatic carbocycles. The van der Waals surface area contributed by atoms with E-state index >= 15 is 0 Å². The van der Waals surface area contributed by atoms with Crippen molar-refractivity contribution in [3.8, 4) is 0 Å². The molecule has 0 aromatic heterocycles. The molecule has 0 saturated carbocycles. The minimum Gasteiger partial charge on any atom is -0.279 e. The average Bonchev–Trinajstić information content (AvgIpc) is 2.31. The van der Waals surface area contributed by atoms with Crippen molar-refractivity contribution in [2.75, 3.05) is 4.72 Å². The maximum absolute atomic E-state index is 12.3. The SMILES string of the molecule is Cc1ccccc1NS(=O)(=O)c1c(Cl)cccc1Cl. The van der Waals surface area contributed by atoms with Gasteiger partial charge in [0.15, 0.2) is 0 Å². The number of nitrogens with one attached hydrogen (secondary N) is 1. The zero-order chi connectivity index (χ0) is 14.0. The van der Waals surface area contributed by atoms with Crippen LogP contribution >= 0.6 is 23.2 Å². The van der Waals surface area contributed by atoms with Crippen LogP contribution in [0.25, 0.3) is 0 Å². The molecule has 0 aliphatic rings. The molecule has 3 nitrogen and oxygen atoms in total. The number of para-hydroxylation sites is 1. The van der Waals surface area contributed by atoms with Crippen molar-refractivity contribution in [3.63, 3.8) is 0 Å². The van der Waals surface area contributed by atoms with Gasteiger partial charge in [-0.2, -0.15) is 0 Å². The van der Waals surface area contributed by atoms with E-state index in [2.05, 4.69) is 4.72 Å². The summed E-state index contributed by atoms with van der Waals surface area (Å²) in [5.41, 5.74) is 1.31. The summed E-state index contributed by atoms with van der Waals surface area (Å²) < 4.78 is 27.1. The van der Waals surface area contributed by atoms with Gasteiger partial charge >= 0.3 is 0 Å². The van der Waals surface area contributed by atoms with Crippen molar-refractivity contribution in [2.24, 2.45) is 0 Å². The van der Waals surface area contributed by atoms with E-state index in [4.69, 9.17) is 23.2 Å². The third kappa shape index (κ3) is 3.03. The highest BCUT2D eigenvalue weighted by atomic mass is 35.5. The molecule has 0 heterocycles. The fourth-order valence-corrected chi connectivity index (χ4v) is 3.90. The molecule has 0 saturated heterocycles. The Balaban J connectivity index is 2.47. The van der Waals surface area contributed by atoms with E-state index in [1.165, 1.54) is 12.1 Å². The van der Waals surface area contributed by atoms with E-state index in [1.807, 2.05) is 19.1 Å². The topological polar surface area (TPSA) is 46.2 Å². The van der Waals surface area contributed by atoms with E-state index in [0.717, 1.165) is 5.56 Å². The van der Waals surface area contributed by atoms with Gasteiger partial charge in [0.25, 0.3) is 10.0 Å². The van der Waals surface area contributed by atoms with Gasteiger partial charge in [0.05, 0.1) is 15.7 Å². The molecular weight excluding hydrogens is 305 g/mol. The Labute approximate surface area is 122 Å². The van der Waals surface area contributed by atoms with Gasteiger partial charge in [0, 0.05) is 0 Å². The molecule has 0 bridgehead atoms. The lowest BCUT2D eigenvalue weighted by Gasteiger charge is -2.12. The number of anilines is 1. The summed E-state index contributed by atoms with van der Waals surface area (Å²) in [6.45, 7) is 1.81. The van der Waals surface area contributed by atoms with Gasteiger partial charge in [-0.15, -0.1) is 0 Å². The van der Waals surface area contributed by atoms with Crippen molar-refractivity contribution in [1.29, 1.82) is 0 Å². The lowest BCUT2D eigenvalue weighted by Crippen LogP contribution is -2.14. The van der Waals surface area contributed by atoms with Crippen molar-refractivity contribution in [2.45, 2.75) is 11.8 Å². The number of sulfonamides is 1. The van der Waals surface area contributed by atoms with Crippen LogP contribution in [0.5, 0.6) is 0 Å². The number of hydrogen-bond acceptors (Lipinski definition) is 2. The van der Waals surface area contributed by atoms with Gasteiger partial charge in [0.2, 0.25) is 0 Å². The Morgan fingerprint density at radius 2 is 1.53 bits per heavy atom. The normalized spacial score (nSPS) is 11.3. The molecule has 100 valence electrons. The zero-order valence-corrected chi connectivity index (χ0v) is 12.4. The summed E-state index contributed by atoms with van der Waals surface area (Å²) in [5.74, 6) is 0. The smallest absolute Gasteiger partial charge is 0.264 e. The molecular formula is C13H11Cl2NO2S. The van der Waals surface area contributed by atoms with Crippen LogP contribution in [0.2, 0.25) is 10.0 Å². The van der Waals surface area contributed by atoms with E-state index in [9.17, 15) is 8.42 Å². The lowest BCUT2D eigenvalue weighted by atomic mass is 10.2. The van der Waals surface area contributed by atoms with Crippen LogP contribution < -0.4 is 4.72 Å². The third-order valence-corrected chi connectivity index (χ3v) is 4.90. The third-order valence-electron chi connectivity index (χ3n) is 2.58. The van der Waals surface area contributed by atoms with E-state index < -0.39 is 10.0 Å². The second-order valence-electron chi connectivity index (χ2n) is 3.97. The average molecular weight is 316 g/mol. The second-order valence-corrected chi connectivity index (χ2v) is 6.40. The van der Waals surface area contributed by atoms with Crippen molar-refractivity contribution in [1.82, 2.24) is 0 Å². The molecule has 0 radical (unpaired) electrons. The maximum Gasteiger partial charge on any atom is 0.264 e. The Kier molecular flexibility index (Phi) is 4.04. The summed E-state index contributed by atoms with van der Waals surface area (Å²) in [7, 11) is -3.81. The summed E-state index contributed by atoms with van der Waals surface area (Å²) in [6.07, 6.45) is 0. The first-order chi connectivity index (χ1) is 8.92. The van der Waals surface area contributed by atoms with Crippen LogP contribution in [0, 0.1) is 6.92 Å². The largest absolute Gasteiger partial charge is 0.279 e. The van der Waals surface area contributed by atoms with Crippen molar-refractivity contribution >= 4 is 38.9 Å². The van der Waals surface area contributed by atoms with Crippen LogP contribution in [-0.4, -0.2) is 8.42 Å². The van der Waals surface area contributed by atoms with Gasteiger partial charge in [-0.3, -0.25) is 4.72 Å². The van der Waals surface area contributed by atoms with Gasteiger partial charge in [0.1, 0.15) is 4.90 Å². The van der Waals surface area contributed by atoms with Crippen molar-refractivity contribution in [3.05, 3.63) is 58.1 Å². The monoisotopic (exact) mass is 315 g/mol. The van der Waals surface area contributed by atoms with E-state index in [0.29, 0.717) is 5.69 Å². The van der Waals surface area contributed by atoms with Gasteiger partial charge in [-0.25, -0.2) is 8.42 Å². The van der Waals surface area contributed by atoms with Crippen LogP contribution in [0.15, 0.2) is 47.4 Å². The Bertz CT molecular complexity index is 694. The number of aryl methyl sites for hydroxylation is 1. The second kappa shape index (κ2) is 5.41. The molecule has 0 fully saturated rings. The fourth-order valence-electron chi connectivity index (χ4n) is 1.62. The molecule has 0 amide bonds. The highest BCUT2D eigenvalue weighted by Gasteiger charge is 2.21. The minimum absolute atomic E-state index is 0.0913. The lowest BCUT2D eigenvalue weighted by molar-refractivity contribution is 0.601. The first-order valence-corrected chi connectivity index (χ1v) is 7.68. The molecule has 2 rings (SSSR count). The molecule has 19 heavy (non-hydrogen) atoms. The summed E-state index contributed by atoms with van der Waals surface area (Å²) in [5, 5.41) is 0.183. The quantitative estimate of drug-likeness (QED) is 0.926. The summed E-state index contributed by atoms with van der Waals surface area (Å²) >= 11 is 11.8. The highest BCUT2D eigenvalue weighted by molar-refractivity contribution is 7.93. The van der Waals surface area contributed by atoms with Crippen LogP contribution in [0.4, 0.5) is 5.69 Å². The standard InChI is InChI=1S/C13H11Cl2NO2S/c1-9-5-2-3-8-12(9)16-19(17,18)13-10(14)6-4-7-11(13)15/h2-8,16H,1H3. The van der Waals surface area contributed by atoms with Gasteiger partial charge in [-0.05, 0) is 30.7 Å². The number of halogens is 2. The summed E-state index contributed by atoms with van der Waals surface area (Å²) in [6, 6.07) is 11.6. The molecule has 1 N–H and O–H groups in total. The van der Waals surface area contributed by atoms with Gasteiger partial charge in [-0.1, -0.05) is 47.5 Å². The van der Waals surface area contributed by atoms with E-state index in [-0.39, 0.29) is 14.9 Å². The van der Waals surface area contributed by atoms with Crippen LogP contribution in [0.1, 0.15) is 5.56 Å². The molecule has 6 heteroatoms. The molecule has 0 aliphatic heterocycles. The summed E-state index contributed by atoms with van der Waals surface area (Å²) in [4.78, 5) is -0.110. The van der Waals surface area contributed by atoms with Gasteiger partial charge < -0.3 is 0 Å². The van der Waals surface area contributed by atoms with Crippen LogP contribution in [0.3, 0.4) is 0 Å². The number of benzene rings is 2. The Hall–Kier alpha value is -1.23. The first kappa shape index (κ1) is 14.2. The molecule has 2 aromatic rings. The number of hydrogen-bond donors (Lipinski definition) is 1. The molecule has 0 atom stereocenters. The minimum atomic E-state index is -3.81. The fraction of sp³-hybridized carbons (Fsp3) is 0.0769. The predicted molar refractivity (Wildman–Crippen MR) is 78.4 cm³/mol. The first-order valence-electron chi connectivity index (χ1n) is 5.44. The Morgan fingerprint density at radius 3 is 2.11 bits per heavy atom. The number of rotatable bonds is 3. The molecule has 0 unspecified atom stereocenters. The van der Waals surface area contributed by atoms with Crippen LogP contribution in [-0.2, 0) is 10.0 Å². The maximum atomic E-state index is 12.3. The molecule has 0 spiro atoms.